The summed E-state index contributed by atoms with van der Waals surface area (Å²) in [7, 11) is 2.13. The molecule has 1 amide bonds. The number of rotatable bonds is 4. The van der Waals surface area contributed by atoms with Gasteiger partial charge in [-0.05, 0) is 36.9 Å². The molecule has 1 fully saturated rings. The number of carbonyl (C=O) groups excluding carboxylic acids is 1. The van der Waals surface area contributed by atoms with E-state index in [2.05, 4.69) is 46.0 Å². The van der Waals surface area contributed by atoms with Gasteiger partial charge in [-0.25, -0.2) is 0 Å². The second kappa shape index (κ2) is 8.52. The number of carbonyl (C=O) groups is 1. The summed E-state index contributed by atoms with van der Waals surface area (Å²) in [4.78, 5) is 21.9. The third-order valence-electron chi connectivity index (χ3n) is 5.65. The van der Waals surface area contributed by atoms with Gasteiger partial charge < -0.3 is 14.7 Å². The summed E-state index contributed by atoms with van der Waals surface area (Å²) in [6.45, 7) is 6.83. The van der Waals surface area contributed by atoms with Gasteiger partial charge in [0.1, 0.15) is 0 Å². The maximum atomic E-state index is 13.1. The molecular formula is C22H27ClN4O. The first-order valence-corrected chi connectivity index (χ1v) is 10.3. The molecule has 0 atom stereocenters. The molecule has 0 spiro atoms. The van der Waals surface area contributed by atoms with Crippen molar-refractivity contribution in [3.63, 3.8) is 0 Å². The van der Waals surface area contributed by atoms with Gasteiger partial charge in [-0.1, -0.05) is 35.9 Å². The van der Waals surface area contributed by atoms with Crippen LogP contribution in [0.15, 0.2) is 48.5 Å². The van der Waals surface area contributed by atoms with E-state index < -0.39 is 0 Å². The average Bonchev–Trinajstić information content (AvgIpc) is 2.71. The van der Waals surface area contributed by atoms with Crippen LogP contribution < -0.4 is 9.80 Å². The Labute approximate surface area is 172 Å². The minimum Gasteiger partial charge on any atom is -0.364 e. The minimum absolute atomic E-state index is 0.197. The minimum atomic E-state index is 0.197. The summed E-state index contributed by atoms with van der Waals surface area (Å²) in [6, 6.07) is 16.2. The Morgan fingerprint density at radius 1 is 0.893 bits per heavy atom. The Balaban J connectivity index is 1.47. The van der Waals surface area contributed by atoms with E-state index in [1.807, 2.05) is 29.2 Å². The summed E-state index contributed by atoms with van der Waals surface area (Å²) < 4.78 is 0. The van der Waals surface area contributed by atoms with Crippen LogP contribution in [0.1, 0.15) is 5.56 Å². The van der Waals surface area contributed by atoms with E-state index in [4.69, 9.17) is 11.6 Å². The van der Waals surface area contributed by atoms with Gasteiger partial charge in [-0.2, -0.15) is 0 Å². The van der Waals surface area contributed by atoms with Crippen LogP contribution in [0.25, 0.3) is 0 Å². The van der Waals surface area contributed by atoms with Crippen LogP contribution in [0.5, 0.6) is 0 Å². The Morgan fingerprint density at radius 3 is 2.29 bits per heavy atom. The molecule has 1 saturated heterocycles. The molecule has 0 radical (unpaired) electrons. The van der Waals surface area contributed by atoms with Gasteiger partial charge in [0, 0.05) is 50.8 Å². The van der Waals surface area contributed by atoms with Gasteiger partial charge in [0.05, 0.1) is 17.9 Å². The number of likely N-dealkylation sites (N-methyl/N-ethyl adjacent to an activating group) is 1. The fourth-order valence-electron chi connectivity index (χ4n) is 3.94. The van der Waals surface area contributed by atoms with Crippen molar-refractivity contribution >= 4 is 28.9 Å². The molecule has 4 rings (SSSR count). The van der Waals surface area contributed by atoms with Crippen molar-refractivity contribution in [1.29, 1.82) is 0 Å². The highest BCUT2D eigenvalue weighted by molar-refractivity contribution is 6.30. The maximum absolute atomic E-state index is 13.1. The highest BCUT2D eigenvalue weighted by atomic mass is 35.5. The first kappa shape index (κ1) is 19.2. The van der Waals surface area contributed by atoms with Crippen LogP contribution in [0.2, 0.25) is 5.02 Å². The second-order valence-corrected chi connectivity index (χ2v) is 8.10. The van der Waals surface area contributed by atoms with Gasteiger partial charge in [0.25, 0.3) is 0 Å². The van der Waals surface area contributed by atoms with E-state index in [1.165, 1.54) is 5.56 Å². The van der Waals surface area contributed by atoms with Gasteiger partial charge in [-0.15, -0.1) is 0 Å². The molecule has 0 N–H and O–H groups in total. The van der Waals surface area contributed by atoms with Crippen molar-refractivity contribution < 1.29 is 4.79 Å². The number of nitrogens with zero attached hydrogens (tertiary/aromatic N) is 4. The molecule has 0 unspecified atom stereocenters. The number of halogens is 1. The number of benzene rings is 2. The quantitative estimate of drug-likeness (QED) is 0.792. The normalized spacial score (nSPS) is 18.2. The standard InChI is InChI=1S/C22H27ClN4O/c1-24-10-12-25(13-11-24)17-22(28)27-15-14-26(20-4-2-3-5-21(20)27)16-18-6-8-19(23)9-7-18/h2-9H,10-17H2,1H3. The lowest BCUT2D eigenvalue weighted by atomic mass is 10.1. The summed E-state index contributed by atoms with van der Waals surface area (Å²) in [5.41, 5.74) is 3.36. The van der Waals surface area contributed by atoms with Gasteiger partial charge >= 0.3 is 0 Å². The van der Waals surface area contributed by atoms with E-state index in [9.17, 15) is 4.79 Å². The summed E-state index contributed by atoms with van der Waals surface area (Å²) in [5.74, 6) is 0.197. The number of anilines is 2. The van der Waals surface area contributed by atoms with Gasteiger partial charge in [0.2, 0.25) is 5.91 Å². The molecule has 0 bridgehead atoms. The number of fused-ring (bicyclic) bond motifs is 1. The zero-order valence-electron chi connectivity index (χ0n) is 16.4. The third-order valence-corrected chi connectivity index (χ3v) is 5.90. The van der Waals surface area contributed by atoms with Crippen molar-refractivity contribution in [3.05, 3.63) is 59.1 Å². The summed E-state index contributed by atoms with van der Waals surface area (Å²) >= 11 is 6.01. The topological polar surface area (TPSA) is 30.0 Å². The molecule has 2 heterocycles. The van der Waals surface area contributed by atoms with Crippen molar-refractivity contribution in [2.45, 2.75) is 6.54 Å². The molecule has 0 saturated carbocycles. The molecule has 2 aliphatic heterocycles. The van der Waals surface area contributed by atoms with Gasteiger partial charge in [0.15, 0.2) is 0 Å². The lowest BCUT2D eigenvalue weighted by Crippen LogP contribution is -2.51. The Bertz CT molecular complexity index is 818. The fraction of sp³-hybridized carbons (Fsp3) is 0.409. The third kappa shape index (κ3) is 4.32. The summed E-state index contributed by atoms with van der Waals surface area (Å²) in [6.07, 6.45) is 0. The Morgan fingerprint density at radius 2 is 1.57 bits per heavy atom. The zero-order valence-corrected chi connectivity index (χ0v) is 17.1. The Kier molecular flexibility index (Phi) is 5.85. The molecule has 2 aromatic rings. The molecular weight excluding hydrogens is 372 g/mol. The highest BCUT2D eigenvalue weighted by Gasteiger charge is 2.28. The van der Waals surface area contributed by atoms with Crippen molar-refractivity contribution in [2.75, 3.05) is 62.7 Å². The molecule has 2 aliphatic rings. The molecule has 5 nitrogen and oxygen atoms in total. The molecule has 0 aliphatic carbocycles. The molecule has 2 aromatic carbocycles. The highest BCUT2D eigenvalue weighted by Crippen LogP contribution is 2.34. The lowest BCUT2D eigenvalue weighted by Gasteiger charge is -2.39. The van der Waals surface area contributed by atoms with E-state index >= 15 is 0 Å². The maximum Gasteiger partial charge on any atom is 0.241 e. The van der Waals surface area contributed by atoms with Crippen LogP contribution in [-0.4, -0.2) is 68.6 Å². The summed E-state index contributed by atoms with van der Waals surface area (Å²) in [5, 5.41) is 0.753. The van der Waals surface area contributed by atoms with Crippen molar-refractivity contribution in [2.24, 2.45) is 0 Å². The van der Waals surface area contributed by atoms with Crippen molar-refractivity contribution in [1.82, 2.24) is 9.80 Å². The molecule has 0 aromatic heterocycles. The van der Waals surface area contributed by atoms with Crippen molar-refractivity contribution in [3.8, 4) is 0 Å². The first-order chi connectivity index (χ1) is 13.6. The number of piperazine rings is 1. The number of hydrogen-bond acceptors (Lipinski definition) is 4. The Hall–Kier alpha value is -2.08. The molecule has 28 heavy (non-hydrogen) atoms. The SMILES string of the molecule is CN1CCN(CC(=O)N2CCN(Cc3ccc(Cl)cc3)c3ccccc32)CC1. The second-order valence-electron chi connectivity index (χ2n) is 7.66. The number of hydrogen-bond donors (Lipinski definition) is 0. The van der Waals surface area contributed by atoms with Crippen LogP contribution in [0.4, 0.5) is 11.4 Å². The average molecular weight is 399 g/mol. The molecule has 6 heteroatoms. The number of amides is 1. The zero-order chi connectivity index (χ0) is 19.5. The lowest BCUT2D eigenvalue weighted by molar-refractivity contribution is -0.120. The smallest absolute Gasteiger partial charge is 0.241 e. The fourth-order valence-corrected chi connectivity index (χ4v) is 4.06. The molecule has 148 valence electrons. The van der Waals surface area contributed by atoms with Crippen LogP contribution >= 0.6 is 11.6 Å². The van der Waals surface area contributed by atoms with E-state index in [-0.39, 0.29) is 5.91 Å². The van der Waals surface area contributed by atoms with Crippen LogP contribution in [0.3, 0.4) is 0 Å². The van der Waals surface area contributed by atoms with E-state index in [0.29, 0.717) is 6.54 Å². The van der Waals surface area contributed by atoms with Crippen LogP contribution in [-0.2, 0) is 11.3 Å². The van der Waals surface area contributed by atoms with E-state index in [1.54, 1.807) is 0 Å². The van der Waals surface area contributed by atoms with E-state index in [0.717, 1.165) is 62.2 Å². The predicted molar refractivity (Wildman–Crippen MR) is 115 cm³/mol. The van der Waals surface area contributed by atoms with Crippen LogP contribution in [0, 0.1) is 0 Å². The predicted octanol–water partition coefficient (Wildman–Crippen LogP) is 2.94. The van der Waals surface area contributed by atoms with Gasteiger partial charge in [-0.3, -0.25) is 9.69 Å². The first-order valence-electron chi connectivity index (χ1n) is 9.90. The number of para-hydroxylation sites is 2. The largest absolute Gasteiger partial charge is 0.364 e. The monoisotopic (exact) mass is 398 g/mol.